The summed E-state index contributed by atoms with van der Waals surface area (Å²) in [5.41, 5.74) is 1.83. The van der Waals surface area contributed by atoms with Gasteiger partial charge >= 0.3 is 0 Å². The lowest BCUT2D eigenvalue weighted by Gasteiger charge is -2.23. The van der Waals surface area contributed by atoms with Crippen molar-refractivity contribution in [2.75, 3.05) is 27.2 Å². The number of para-hydroxylation sites is 1. The maximum absolute atomic E-state index is 11.8. The second kappa shape index (κ2) is 5.15. The van der Waals surface area contributed by atoms with E-state index in [0.717, 1.165) is 30.0 Å². The predicted octanol–water partition coefficient (Wildman–Crippen LogP) is 1.98. The molecular formula is C14H17NO2. The van der Waals surface area contributed by atoms with Crippen LogP contribution in [0.15, 0.2) is 29.8 Å². The van der Waals surface area contributed by atoms with Gasteiger partial charge in [0.15, 0.2) is 5.78 Å². The quantitative estimate of drug-likeness (QED) is 0.729. The summed E-state index contributed by atoms with van der Waals surface area (Å²) in [6.45, 7) is 1.57. The molecule has 90 valence electrons. The van der Waals surface area contributed by atoms with Gasteiger partial charge in [-0.15, -0.1) is 0 Å². The summed E-state index contributed by atoms with van der Waals surface area (Å²) in [6, 6.07) is 7.75. The molecular weight excluding hydrogens is 214 g/mol. The first-order valence-electron chi connectivity index (χ1n) is 5.76. The van der Waals surface area contributed by atoms with Crippen LogP contribution in [0.25, 0.3) is 6.08 Å². The monoisotopic (exact) mass is 231 g/mol. The molecule has 3 nitrogen and oxygen atoms in total. The van der Waals surface area contributed by atoms with Crippen molar-refractivity contribution in [3.63, 3.8) is 0 Å². The largest absolute Gasteiger partial charge is 0.496 e. The lowest BCUT2D eigenvalue weighted by Crippen LogP contribution is -2.32. The lowest BCUT2D eigenvalue weighted by atomic mass is 10.0. The van der Waals surface area contributed by atoms with Gasteiger partial charge in [0.25, 0.3) is 0 Å². The topological polar surface area (TPSA) is 29.5 Å². The smallest absolute Gasteiger partial charge is 0.161 e. The fourth-order valence-electron chi connectivity index (χ4n) is 2.01. The number of Topliss-reactive ketones (excluding diaryl/α,β-unsaturated/α-hetero) is 1. The average Bonchev–Trinajstić information content (AvgIpc) is 2.34. The molecule has 1 aromatic carbocycles. The van der Waals surface area contributed by atoms with Crippen molar-refractivity contribution in [3.05, 3.63) is 35.4 Å². The normalized spacial score (nSPS) is 19.6. The van der Waals surface area contributed by atoms with E-state index in [1.807, 2.05) is 37.4 Å². The Bertz CT molecular complexity index is 451. The van der Waals surface area contributed by atoms with Gasteiger partial charge in [-0.05, 0) is 19.2 Å². The van der Waals surface area contributed by atoms with Crippen LogP contribution in [0.1, 0.15) is 12.0 Å². The number of ether oxygens (including phenoxy) is 1. The van der Waals surface area contributed by atoms with Gasteiger partial charge in [0, 0.05) is 30.6 Å². The molecule has 17 heavy (non-hydrogen) atoms. The number of carbonyl (C=O) groups is 1. The van der Waals surface area contributed by atoms with Crippen LogP contribution in [0.4, 0.5) is 0 Å². The third-order valence-corrected chi connectivity index (χ3v) is 2.99. The van der Waals surface area contributed by atoms with Crippen molar-refractivity contribution < 1.29 is 9.53 Å². The molecule has 1 aromatic rings. The van der Waals surface area contributed by atoms with Crippen LogP contribution >= 0.6 is 0 Å². The van der Waals surface area contributed by atoms with Gasteiger partial charge in [-0.1, -0.05) is 18.2 Å². The fourth-order valence-corrected chi connectivity index (χ4v) is 2.01. The molecule has 0 amide bonds. The van der Waals surface area contributed by atoms with Crippen LogP contribution in [0.3, 0.4) is 0 Å². The van der Waals surface area contributed by atoms with E-state index in [1.165, 1.54) is 0 Å². The van der Waals surface area contributed by atoms with Crippen LogP contribution in [0.2, 0.25) is 0 Å². The van der Waals surface area contributed by atoms with Gasteiger partial charge in [0.2, 0.25) is 0 Å². The van der Waals surface area contributed by atoms with Gasteiger partial charge in [0.1, 0.15) is 5.75 Å². The molecule has 3 heteroatoms. The lowest BCUT2D eigenvalue weighted by molar-refractivity contribution is -0.117. The molecule has 0 aromatic heterocycles. The van der Waals surface area contributed by atoms with Crippen LogP contribution in [-0.2, 0) is 4.79 Å². The summed E-state index contributed by atoms with van der Waals surface area (Å²) in [7, 11) is 3.68. The van der Waals surface area contributed by atoms with Crippen LogP contribution < -0.4 is 4.74 Å². The Morgan fingerprint density at radius 3 is 2.88 bits per heavy atom. The number of carbonyl (C=O) groups excluding carboxylic acids is 1. The van der Waals surface area contributed by atoms with E-state index >= 15 is 0 Å². The van der Waals surface area contributed by atoms with Gasteiger partial charge in [-0.2, -0.15) is 0 Å². The highest BCUT2D eigenvalue weighted by Crippen LogP contribution is 2.22. The first-order valence-corrected chi connectivity index (χ1v) is 5.76. The standard InChI is InChI=1S/C14H17NO2/c1-15-8-7-13(16)12(10-15)9-11-5-3-4-6-14(11)17-2/h3-6,9H,7-8,10H2,1-2H3/b12-9-. The summed E-state index contributed by atoms with van der Waals surface area (Å²) >= 11 is 0. The van der Waals surface area contributed by atoms with Crippen molar-refractivity contribution >= 4 is 11.9 Å². The molecule has 0 spiro atoms. The summed E-state index contributed by atoms with van der Waals surface area (Å²) in [5.74, 6) is 1.05. The Morgan fingerprint density at radius 2 is 2.12 bits per heavy atom. The van der Waals surface area contributed by atoms with Crippen molar-refractivity contribution in [1.29, 1.82) is 0 Å². The summed E-state index contributed by atoms with van der Waals surface area (Å²) in [5, 5.41) is 0. The number of nitrogens with zero attached hydrogens (tertiary/aromatic N) is 1. The number of piperidine rings is 1. The average molecular weight is 231 g/mol. The van der Waals surface area contributed by atoms with Crippen molar-refractivity contribution in [1.82, 2.24) is 4.90 Å². The number of rotatable bonds is 2. The fraction of sp³-hybridized carbons (Fsp3) is 0.357. The maximum Gasteiger partial charge on any atom is 0.161 e. The number of methoxy groups -OCH3 is 1. The zero-order valence-electron chi connectivity index (χ0n) is 10.3. The van der Waals surface area contributed by atoms with E-state index in [1.54, 1.807) is 7.11 Å². The minimum atomic E-state index is 0.244. The molecule has 1 saturated heterocycles. The van der Waals surface area contributed by atoms with Gasteiger partial charge < -0.3 is 9.64 Å². The molecule has 0 saturated carbocycles. The molecule has 0 bridgehead atoms. The molecule has 1 aliphatic heterocycles. The predicted molar refractivity (Wildman–Crippen MR) is 68.1 cm³/mol. The van der Waals surface area contributed by atoms with Gasteiger partial charge in [0.05, 0.1) is 7.11 Å². The molecule has 0 radical (unpaired) electrons. The van der Waals surface area contributed by atoms with Crippen molar-refractivity contribution in [2.45, 2.75) is 6.42 Å². The van der Waals surface area contributed by atoms with E-state index in [-0.39, 0.29) is 5.78 Å². The second-order valence-corrected chi connectivity index (χ2v) is 4.32. The molecule has 0 aliphatic carbocycles. The molecule has 2 rings (SSSR count). The van der Waals surface area contributed by atoms with Crippen LogP contribution in [0, 0.1) is 0 Å². The first kappa shape index (κ1) is 11.9. The number of hydrogen-bond acceptors (Lipinski definition) is 3. The SMILES string of the molecule is COc1ccccc1/C=C1/CN(C)CCC1=O. The maximum atomic E-state index is 11.8. The van der Waals surface area contributed by atoms with E-state index in [2.05, 4.69) is 4.90 Å². The summed E-state index contributed by atoms with van der Waals surface area (Å²) < 4.78 is 5.28. The number of ketones is 1. The molecule has 1 fully saturated rings. The van der Waals surface area contributed by atoms with Crippen LogP contribution in [-0.4, -0.2) is 37.9 Å². The van der Waals surface area contributed by atoms with Crippen molar-refractivity contribution in [2.24, 2.45) is 0 Å². The Morgan fingerprint density at radius 1 is 1.35 bits per heavy atom. The second-order valence-electron chi connectivity index (χ2n) is 4.32. The Balaban J connectivity index is 2.30. The van der Waals surface area contributed by atoms with Gasteiger partial charge in [-0.3, -0.25) is 4.79 Å². The Kier molecular flexibility index (Phi) is 3.59. The third kappa shape index (κ3) is 2.74. The van der Waals surface area contributed by atoms with E-state index < -0.39 is 0 Å². The minimum Gasteiger partial charge on any atom is -0.496 e. The highest BCUT2D eigenvalue weighted by molar-refractivity contribution is 6.01. The first-order chi connectivity index (χ1) is 8.20. The number of hydrogen-bond donors (Lipinski definition) is 0. The third-order valence-electron chi connectivity index (χ3n) is 2.99. The van der Waals surface area contributed by atoms with Crippen LogP contribution in [0.5, 0.6) is 5.75 Å². The summed E-state index contributed by atoms with van der Waals surface area (Å²) in [4.78, 5) is 14.0. The highest BCUT2D eigenvalue weighted by atomic mass is 16.5. The molecule has 1 aliphatic rings. The Hall–Kier alpha value is -1.61. The van der Waals surface area contributed by atoms with E-state index in [4.69, 9.17) is 4.74 Å². The van der Waals surface area contributed by atoms with Crippen molar-refractivity contribution in [3.8, 4) is 5.75 Å². The van der Waals surface area contributed by atoms with Gasteiger partial charge in [-0.25, -0.2) is 0 Å². The zero-order chi connectivity index (χ0) is 12.3. The number of likely N-dealkylation sites (tertiary alicyclic amines) is 1. The van der Waals surface area contributed by atoms with E-state index in [0.29, 0.717) is 6.42 Å². The Labute approximate surface area is 102 Å². The number of benzene rings is 1. The molecule has 1 heterocycles. The van der Waals surface area contributed by atoms with E-state index in [9.17, 15) is 4.79 Å². The minimum absolute atomic E-state index is 0.244. The zero-order valence-corrected chi connectivity index (χ0v) is 10.3. The highest BCUT2D eigenvalue weighted by Gasteiger charge is 2.18. The molecule has 0 atom stereocenters. The summed E-state index contributed by atoms with van der Waals surface area (Å²) in [6.07, 6.45) is 2.55. The molecule has 0 unspecified atom stereocenters. The number of likely N-dealkylation sites (N-methyl/N-ethyl adjacent to an activating group) is 1. The molecule has 0 N–H and O–H groups in total.